The molecule has 88 valence electrons. The highest BCUT2D eigenvalue weighted by Gasteiger charge is 2.17. The fraction of sp³-hybridized carbons (Fsp3) is 0.364. The van der Waals surface area contributed by atoms with Crippen LogP contribution in [0.4, 0.5) is 11.4 Å². The summed E-state index contributed by atoms with van der Waals surface area (Å²) in [4.78, 5) is 13.4. The van der Waals surface area contributed by atoms with Gasteiger partial charge in [0.05, 0.1) is 17.9 Å². The van der Waals surface area contributed by atoms with Crippen LogP contribution in [0.2, 0.25) is 0 Å². The second kappa shape index (κ2) is 5.61. The van der Waals surface area contributed by atoms with Crippen molar-refractivity contribution in [2.75, 3.05) is 36.9 Å². The highest BCUT2D eigenvalue weighted by atomic mass is 35.5. The van der Waals surface area contributed by atoms with Gasteiger partial charge in [-0.25, -0.2) is 0 Å². The number of likely N-dealkylation sites (N-methyl/N-ethyl adjacent to an activating group) is 1. The van der Waals surface area contributed by atoms with E-state index >= 15 is 0 Å². The van der Waals surface area contributed by atoms with Gasteiger partial charge in [0.15, 0.2) is 0 Å². The molecular formula is C11H16ClN3O. The zero-order valence-electron chi connectivity index (χ0n) is 9.19. The van der Waals surface area contributed by atoms with Crippen LogP contribution in [0, 0.1) is 0 Å². The third kappa shape index (κ3) is 2.58. The molecule has 2 N–H and O–H groups in total. The van der Waals surface area contributed by atoms with Crippen molar-refractivity contribution >= 4 is 29.7 Å². The second-order valence-corrected chi connectivity index (χ2v) is 3.54. The second-order valence-electron chi connectivity index (χ2n) is 3.54. The van der Waals surface area contributed by atoms with Crippen molar-refractivity contribution in [1.29, 1.82) is 0 Å². The van der Waals surface area contributed by atoms with Crippen molar-refractivity contribution in [1.82, 2.24) is 5.32 Å². The molecule has 1 heterocycles. The Morgan fingerprint density at radius 2 is 2.25 bits per heavy atom. The topological polar surface area (TPSA) is 44.4 Å². The van der Waals surface area contributed by atoms with E-state index in [-0.39, 0.29) is 18.3 Å². The number of para-hydroxylation sites is 2. The van der Waals surface area contributed by atoms with Crippen molar-refractivity contribution < 1.29 is 4.79 Å². The molecule has 0 bridgehead atoms. The molecule has 1 aliphatic heterocycles. The van der Waals surface area contributed by atoms with Gasteiger partial charge < -0.3 is 15.5 Å². The predicted octanol–water partition coefficient (Wildman–Crippen LogP) is 1.09. The van der Waals surface area contributed by atoms with E-state index in [2.05, 4.69) is 15.5 Å². The molecule has 1 amide bonds. The molecule has 0 aliphatic carbocycles. The number of anilines is 2. The number of amides is 1. The molecule has 1 aliphatic rings. The summed E-state index contributed by atoms with van der Waals surface area (Å²) in [5.41, 5.74) is 2.21. The zero-order valence-corrected chi connectivity index (χ0v) is 10.0. The van der Waals surface area contributed by atoms with Crippen molar-refractivity contribution in [2.45, 2.75) is 0 Å². The Balaban J connectivity index is 0.00000128. The van der Waals surface area contributed by atoms with Gasteiger partial charge in [0, 0.05) is 20.1 Å². The van der Waals surface area contributed by atoms with E-state index in [0.29, 0.717) is 6.54 Å². The van der Waals surface area contributed by atoms with Gasteiger partial charge in [-0.2, -0.15) is 0 Å². The number of fused-ring (bicyclic) bond motifs is 1. The molecule has 4 nitrogen and oxygen atoms in total. The average molecular weight is 242 g/mol. The minimum absolute atomic E-state index is 0. The van der Waals surface area contributed by atoms with E-state index in [1.807, 2.05) is 24.3 Å². The number of hydrogen-bond donors (Lipinski definition) is 2. The first-order chi connectivity index (χ1) is 7.31. The third-order valence-electron chi connectivity index (χ3n) is 2.56. The molecule has 16 heavy (non-hydrogen) atoms. The van der Waals surface area contributed by atoms with Crippen LogP contribution in [0.25, 0.3) is 0 Å². The number of halogens is 1. The predicted molar refractivity (Wildman–Crippen MR) is 68.5 cm³/mol. The lowest BCUT2D eigenvalue weighted by molar-refractivity contribution is -0.119. The van der Waals surface area contributed by atoms with Crippen LogP contribution in [-0.4, -0.2) is 32.6 Å². The van der Waals surface area contributed by atoms with E-state index < -0.39 is 0 Å². The lowest BCUT2D eigenvalue weighted by Crippen LogP contribution is -2.40. The minimum atomic E-state index is 0. The summed E-state index contributed by atoms with van der Waals surface area (Å²) in [7, 11) is 1.66. The fourth-order valence-electron chi connectivity index (χ4n) is 1.76. The van der Waals surface area contributed by atoms with E-state index in [1.165, 1.54) is 0 Å². The van der Waals surface area contributed by atoms with Crippen molar-refractivity contribution in [3.63, 3.8) is 0 Å². The van der Waals surface area contributed by atoms with Gasteiger partial charge in [0.1, 0.15) is 0 Å². The number of carbonyl (C=O) groups excluding carboxylic acids is 1. The molecule has 0 aromatic heterocycles. The van der Waals surface area contributed by atoms with E-state index in [9.17, 15) is 4.79 Å². The summed E-state index contributed by atoms with van der Waals surface area (Å²) in [5.74, 6) is 0.0479. The maximum atomic E-state index is 11.3. The number of hydrogen-bond acceptors (Lipinski definition) is 3. The summed E-state index contributed by atoms with van der Waals surface area (Å²) in [6.07, 6.45) is 0. The highest BCUT2D eigenvalue weighted by Crippen LogP contribution is 2.27. The average Bonchev–Trinajstić information content (AvgIpc) is 2.29. The fourth-order valence-corrected chi connectivity index (χ4v) is 1.76. The van der Waals surface area contributed by atoms with E-state index in [4.69, 9.17) is 0 Å². The maximum Gasteiger partial charge on any atom is 0.239 e. The monoisotopic (exact) mass is 241 g/mol. The molecule has 2 rings (SSSR count). The largest absolute Gasteiger partial charge is 0.382 e. The first kappa shape index (κ1) is 12.6. The van der Waals surface area contributed by atoms with Gasteiger partial charge in [0.2, 0.25) is 5.91 Å². The van der Waals surface area contributed by atoms with Gasteiger partial charge >= 0.3 is 0 Å². The van der Waals surface area contributed by atoms with Crippen molar-refractivity contribution in [3.8, 4) is 0 Å². The van der Waals surface area contributed by atoms with Crippen molar-refractivity contribution in [3.05, 3.63) is 24.3 Å². The van der Waals surface area contributed by atoms with E-state index in [1.54, 1.807) is 7.05 Å². The summed E-state index contributed by atoms with van der Waals surface area (Å²) in [6, 6.07) is 8.05. The van der Waals surface area contributed by atoms with Gasteiger partial charge in [-0.15, -0.1) is 12.4 Å². The molecule has 0 atom stereocenters. The zero-order chi connectivity index (χ0) is 10.7. The van der Waals surface area contributed by atoms with Gasteiger partial charge in [0.25, 0.3) is 0 Å². The first-order valence-corrected chi connectivity index (χ1v) is 5.09. The minimum Gasteiger partial charge on any atom is -0.382 e. The number of benzene rings is 1. The van der Waals surface area contributed by atoms with Gasteiger partial charge in [-0.3, -0.25) is 4.79 Å². The molecule has 1 aromatic carbocycles. The molecule has 0 spiro atoms. The van der Waals surface area contributed by atoms with Crippen LogP contribution in [0.5, 0.6) is 0 Å². The SMILES string of the molecule is CNC(=O)CN1CCNc2ccccc21.Cl. The first-order valence-electron chi connectivity index (χ1n) is 5.09. The standard InChI is InChI=1S/C11H15N3O.ClH/c1-12-11(15)8-14-7-6-13-9-4-2-3-5-10(9)14;/h2-5,13H,6-8H2,1H3,(H,12,15);1H. The van der Waals surface area contributed by atoms with Crippen molar-refractivity contribution in [2.24, 2.45) is 0 Å². The normalized spacial score (nSPS) is 13.2. The Hall–Kier alpha value is -1.42. The molecule has 0 radical (unpaired) electrons. The smallest absolute Gasteiger partial charge is 0.239 e. The molecule has 0 saturated heterocycles. The van der Waals surface area contributed by atoms with Crippen LogP contribution < -0.4 is 15.5 Å². The highest BCUT2D eigenvalue weighted by molar-refractivity contribution is 5.85. The molecule has 5 heteroatoms. The number of nitrogens with zero attached hydrogens (tertiary/aromatic N) is 1. The Morgan fingerprint density at radius 3 is 3.00 bits per heavy atom. The summed E-state index contributed by atoms with van der Waals surface area (Å²) in [6.45, 7) is 2.17. The van der Waals surface area contributed by atoms with Gasteiger partial charge in [-0.05, 0) is 12.1 Å². The quantitative estimate of drug-likeness (QED) is 0.815. The Bertz CT molecular complexity index is 370. The summed E-state index contributed by atoms with van der Waals surface area (Å²) < 4.78 is 0. The molecule has 1 aromatic rings. The Morgan fingerprint density at radius 1 is 1.50 bits per heavy atom. The van der Waals surface area contributed by atoms with E-state index in [0.717, 1.165) is 24.5 Å². The lowest BCUT2D eigenvalue weighted by atomic mass is 10.2. The summed E-state index contributed by atoms with van der Waals surface area (Å²) >= 11 is 0. The third-order valence-corrected chi connectivity index (χ3v) is 2.56. The number of rotatable bonds is 2. The van der Waals surface area contributed by atoms with Crippen LogP contribution in [0.15, 0.2) is 24.3 Å². The molecule has 0 saturated carbocycles. The maximum absolute atomic E-state index is 11.3. The number of carbonyl (C=O) groups is 1. The van der Waals surface area contributed by atoms with Crippen LogP contribution >= 0.6 is 12.4 Å². The Kier molecular flexibility index (Phi) is 4.43. The molecular weight excluding hydrogens is 226 g/mol. The summed E-state index contributed by atoms with van der Waals surface area (Å²) in [5, 5.41) is 5.95. The lowest BCUT2D eigenvalue weighted by Gasteiger charge is -2.31. The molecule has 0 unspecified atom stereocenters. The van der Waals surface area contributed by atoms with Gasteiger partial charge in [-0.1, -0.05) is 12.1 Å². The van der Waals surface area contributed by atoms with Crippen LogP contribution in [-0.2, 0) is 4.79 Å². The van der Waals surface area contributed by atoms with Crippen LogP contribution in [0.1, 0.15) is 0 Å². The molecule has 0 fully saturated rings. The number of nitrogens with one attached hydrogen (secondary N) is 2. The Labute approximate surface area is 101 Å². The van der Waals surface area contributed by atoms with Crippen LogP contribution in [0.3, 0.4) is 0 Å².